The molecule has 42 heavy (non-hydrogen) atoms. The van der Waals surface area contributed by atoms with E-state index < -0.39 is 23.1 Å². The third-order valence-corrected chi connectivity index (χ3v) is 7.01. The summed E-state index contributed by atoms with van der Waals surface area (Å²) in [5.74, 6) is -0.966. The molecule has 1 heterocycles. The fraction of sp³-hybridized carbons (Fsp3) is 0.176. The van der Waals surface area contributed by atoms with Crippen molar-refractivity contribution in [2.45, 2.75) is 32.7 Å². The molecule has 0 radical (unpaired) electrons. The Morgan fingerprint density at radius 3 is 2.17 bits per heavy atom. The molecule has 0 fully saturated rings. The minimum Gasteiger partial charge on any atom is -0.343 e. The summed E-state index contributed by atoms with van der Waals surface area (Å²) < 4.78 is 2.50. The number of nitrogens with zero attached hydrogens (tertiary/aromatic N) is 2. The molecule has 0 aliphatic carbocycles. The minimum atomic E-state index is -0.585. The van der Waals surface area contributed by atoms with Crippen LogP contribution in [0.15, 0.2) is 113 Å². The van der Waals surface area contributed by atoms with E-state index in [1.54, 1.807) is 24.3 Å². The van der Waals surface area contributed by atoms with E-state index in [0.29, 0.717) is 11.3 Å². The highest BCUT2D eigenvalue weighted by molar-refractivity contribution is 6.01. The van der Waals surface area contributed by atoms with Crippen LogP contribution in [-0.4, -0.2) is 27.5 Å². The Kier molecular flexibility index (Phi) is 7.88. The lowest BCUT2D eigenvalue weighted by Crippen LogP contribution is -2.42. The minimum absolute atomic E-state index is 0.0240. The van der Waals surface area contributed by atoms with E-state index in [0.717, 1.165) is 26.5 Å². The van der Waals surface area contributed by atoms with Crippen LogP contribution in [0.25, 0.3) is 16.5 Å². The van der Waals surface area contributed by atoms with E-state index in [1.807, 2.05) is 93.6 Å². The second kappa shape index (κ2) is 11.7. The first kappa shape index (κ1) is 28.3. The van der Waals surface area contributed by atoms with E-state index in [-0.39, 0.29) is 24.3 Å². The van der Waals surface area contributed by atoms with Gasteiger partial charge in [-0.15, -0.1) is 0 Å². The quantitative estimate of drug-likeness (QED) is 0.297. The van der Waals surface area contributed by atoms with Crippen molar-refractivity contribution in [3.8, 4) is 5.69 Å². The molecular formula is C34H32N4O4. The molecule has 5 aromatic rings. The molecule has 212 valence electrons. The Hall–Kier alpha value is -5.24. The lowest BCUT2D eigenvalue weighted by Gasteiger charge is -2.25. The van der Waals surface area contributed by atoms with E-state index in [4.69, 9.17) is 0 Å². The van der Waals surface area contributed by atoms with Crippen molar-refractivity contribution >= 4 is 28.4 Å². The fourth-order valence-corrected chi connectivity index (χ4v) is 4.90. The van der Waals surface area contributed by atoms with Crippen molar-refractivity contribution in [2.75, 3.05) is 11.9 Å². The average molecular weight is 561 g/mol. The van der Waals surface area contributed by atoms with Gasteiger partial charge in [-0.3, -0.25) is 19.0 Å². The molecule has 2 amide bonds. The first-order valence-electron chi connectivity index (χ1n) is 13.7. The van der Waals surface area contributed by atoms with E-state index in [9.17, 15) is 19.2 Å². The summed E-state index contributed by atoms with van der Waals surface area (Å²) >= 11 is 0. The number of hydrogen-bond donors (Lipinski definition) is 2. The molecule has 0 saturated heterocycles. The molecule has 2 N–H and O–H groups in total. The Bertz CT molecular complexity index is 1900. The second-order valence-electron chi connectivity index (χ2n) is 11.1. The van der Waals surface area contributed by atoms with E-state index in [2.05, 4.69) is 10.6 Å². The number of fused-ring (bicyclic) bond motifs is 1. The molecule has 1 aromatic heterocycles. The number of carbonyl (C=O) groups excluding carboxylic acids is 2. The number of aromatic nitrogens is 2. The van der Waals surface area contributed by atoms with Gasteiger partial charge in [0.25, 0.3) is 11.5 Å². The molecular weight excluding hydrogens is 528 g/mol. The number of hydrogen-bond acceptors (Lipinski definition) is 4. The van der Waals surface area contributed by atoms with Crippen LogP contribution in [-0.2, 0) is 16.8 Å². The number of carbonyl (C=O) groups is 2. The topological polar surface area (TPSA) is 102 Å². The molecule has 8 nitrogen and oxygen atoms in total. The predicted molar refractivity (Wildman–Crippen MR) is 165 cm³/mol. The maximum Gasteiger partial charge on any atom is 0.337 e. The average Bonchev–Trinajstić information content (AvgIpc) is 2.98. The summed E-state index contributed by atoms with van der Waals surface area (Å²) in [4.78, 5) is 53.0. The molecule has 0 spiro atoms. The zero-order valence-corrected chi connectivity index (χ0v) is 23.8. The van der Waals surface area contributed by atoms with Crippen LogP contribution in [0, 0.1) is 0 Å². The van der Waals surface area contributed by atoms with Gasteiger partial charge in [0, 0.05) is 11.6 Å². The van der Waals surface area contributed by atoms with Crippen molar-refractivity contribution in [3.63, 3.8) is 0 Å². The standard InChI is InChI=1S/C34H32N4O4/c1-34(2,3)27-15-9-10-16-28(27)38-29(20-31(40)37(33(38)42)22-23-11-5-4-6-12-23)36-30(39)21-35-32(41)26-18-17-24-13-7-8-14-25(24)19-26/h4-20H,21-22H2,1-3H3,(H,35,41)(H,36,39). The monoisotopic (exact) mass is 560 g/mol. The van der Waals surface area contributed by atoms with Crippen LogP contribution >= 0.6 is 0 Å². The smallest absolute Gasteiger partial charge is 0.337 e. The Balaban J connectivity index is 1.47. The maximum absolute atomic E-state index is 13.9. The Morgan fingerprint density at radius 1 is 0.762 bits per heavy atom. The van der Waals surface area contributed by atoms with Gasteiger partial charge in [0.2, 0.25) is 5.91 Å². The lowest BCUT2D eigenvalue weighted by atomic mass is 9.85. The number of rotatable bonds is 7. The molecule has 0 aliphatic rings. The van der Waals surface area contributed by atoms with Gasteiger partial charge in [0.05, 0.1) is 18.8 Å². The highest BCUT2D eigenvalue weighted by Gasteiger charge is 2.23. The molecule has 0 bridgehead atoms. The first-order valence-corrected chi connectivity index (χ1v) is 13.7. The number of nitrogens with one attached hydrogen (secondary N) is 2. The van der Waals surface area contributed by atoms with Crippen LogP contribution < -0.4 is 21.9 Å². The summed E-state index contributed by atoms with van der Waals surface area (Å²) in [6.45, 7) is 5.80. The number of para-hydroxylation sites is 1. The third kappa shape index (κ3) is 6.07. The van der Waals surface area contributed by atoms with Gasteiger partial charge in [-0.2, -0.15) is 0 Å². The highest BCUT2D eigenvalue weighted by atomic mass is 16.2. The zero-order valence-electron chi connectivity index (χ0n) is 23.8. The molecule has 0 saturated carbocycles. The fourth-order valence-electron chi connectivity index (χ4n) is 4.90. The molecule has 0 atom stereocenters. The van der Waals surface area contributed by atoms with Crippen LogP contribution in [0.3, 0.4) is 0 Å². The van der Waals surface area contributed by atoms with Gasteiger partial charge in [-0.1, -0.05) is 99.6 Å². The molecule has 5 rings (SSSR count). The summed E-state index contributed by atoms with van der Waals surface area (Å²) in [5, 5.41) is 7.23. The third-order valence-electron chi connectivity index (χ3n) is 7.01. The number of anilines is 1. The zero-order chi connectivity index (χ0) is 29.9. The molecule has 4 aromatic carbocycles. The number of benzene rings is 4. The van der Waals surface area contributed by atoms with E-state index in [1.165, 1.54) is 10.6 Å². The lowest BCUT2D eigenvalue weighted by molar-refractivity contribution is -0.115. The van der Waals surface area contributed by atoms with E-state index >= 15 is 0 Å². The van der Waals surface area contributed by atoms with Crippen LogP contribution in [0.4, 0.5) is 5.82 Å². The summed E-state index contributed by atoms with van der Waals surface area (Å²) in [6.07, 6.45) is 0. The highest BCUT2D eigenvalue weighted by Crippen LogP contribution is 2.29. The van der Waals surface area contributed by atoms with Crippen molar-refractivity contribution in [1.82, 2.24) is 14.5 Å². The van der Waals surface area contributed by atoms with Crippen LogP contribution in [0.2, 0.25) is 0 Å². The predicted octanol–water partition coefficient (Wildman–Crippen LogP) is 4.87. The first-order chi connectivity index (χ1) is 20.1. The van der Waals surface area contributed by atoms with Gasteiger partial charge in [0.15, 0.2) is 0 Å². The largest absolute Gasteiger partial charge is 0.343 e. The second-order valence-corrected chi connectivity index (χ2v) is 11.1. The molecule has 0 unspecified atom stereocenters. The normalized spacial score (nSPS) is 11.3. The molecule has 8 heteroatoms. The molecule has 0 aliphatic heterocycles. The summed E-state index contributed by atoms with van der Waals surface area (Å²) in [5.41, 5.74) is 1.14. The number of amides is 2. The summed E-state index contributed by atoms with van der Waals surface area (Å²) in [7, 11) is 0. The maximum atomic E-state index is 13.9. The van der Waals surface area contributed by atoms with Crippen molar-refractivity contribution in [2.24, 2.45) is 0 Å². The van der Waals surface area contributed by atoms with Crippen LogP contribution in [0.5, 0.6) is 0 Å². The summed E-state index contributed by atoms with van der Waals surface area (Å²) in [6, 6.07) is 30.9. The van der Waals surface area contributed by atoms with Crippen LogP contribution in [0.1, 0.15) is 42.3 Å². The van der Waals surface area contributed by atoms with Crippen molar-refractivity contribution < 1.29 is 9.59 Å². The van der Waals surface area contributed by atoms with Crippen molar-refractivity contribution in [1.29, 1.82) is 0 Å². The van der Waals surface area contributed by atoms with Gasteiger partial charge < -0.3 is 10.6 Å². The van der Waals surface area contributed by atoms with Gasteiger partial charge in [0.1, 0.15) is 5.82 Å². The van der Waals surface area contributed by atoms with Gasteiger partial charge in [-0.25, -0.2) is 9.36 Å². The Labute approximate surface area is 243 Å². The Morgan fingerprint density at radius 2 is 1.43 bits per heavy atom. The van der Waals surface area contributed by atoms with Gasteiger partial charge in [-0.05, 0) is 45.5 Å². The van der Waals surface area contributed by atoms with Crippen molar-refractivity contribution in [3.05, 3.63) is 141 Å². The SMILES string of the molecule is CC(C)(C)c1ccccc1-n1c(NC(=O)CNC(=O)c2ccc3ccccc3c2)cc(=O)n(Cc2ccccc2)c1=O. The van der Waals surface area contributed by atoms with Gasteiger partial charge >= 0.3 is 5.69 Å².